The van der Waals surface area contributed by atoms with Crippen molar-refractivity contribution in [2.24, 2.45) is 0 Å². The number of rotatable bonds is 2. The van der Waals surface area contributed by atoms with Crippen molar-refractivity contribution in [3.05, 3.63) is 34.1 Å². The Morgan fingerprint density at radius 2 is 2.31 bits per heavy atom. The van der Waals surface area contributed by atoms with Crippen LogP contribution in [0.25, 0.3) is 0 Å². The zero-order chi connectivity index (χ0) is 9.84. The van der Waals surface area contributed by atoms with E-state index in [1.54, 1.807) is 12.1 Å². The number of nitrogens with one attached hydrogen (secondary N) is 1. The van der Waals surface area contributed by atoms with Gasteiger partial charge in [-0.1, -0.05) is 22.0 Å². The summed E-state index contributed by atoms with van der Waals surface area (Å²) in [6, 6.07) is 4.74. The van der Waals surface area contributed by atoms with Crippen LogP contribution >= 0.6 is 15.9 Å². The molecule has 0 saturated heterocycles. The predicted octanol–water partition coefficient (Wildman–Crippen LogP) is 2.22. The molecule has 1 amide bonds. The van der Waals surface area contributed by atoms with Crippen LogP contribution in [0.2, 0.25) is 0 Å². The first kappa shape index (κ1) is 10.2. The van der Waals surface area contributed by atoms with E-state index < -0.39 is 0 Å². The highest BCUT2D eigenvalue weighted by molar-refractivity contribution is 9.10. The topological polar surface area (TPSA) is 29.1 Å². The fraction of sp³-hybridized carbons (Fsp3) is 0.222. The van der Waals surface area contributed by atoms with Crippen LogP contribution < -0.4 is 5.32 Å². The number of benzene rings is 1. The number of carbonyl (C=O) groups excluding carboxylic acids is 1. The van der Waals surface area contributed by atoms with Crippen molar-refractivity contribution in [3.63, 3.8) is 0 Å². The molecule has 13 heavy (non-hydrogen) atoms. The number of hydrogen-bond acceptors (Lipinski definition) is 1. The molecule has 0 bridgehead atoms. The third-order valence-corrected chi connectivity index (χ3v) is 2.04. The Hall–Kier alpha value is -0.900. The van der Waals surface area contributed by atoms with Gasteiger partial charge < -0.3 is 5.32 Å². The van der Waals surface area contributed by atoms with Crippen molar-refractivity contribution in [2.45, 2.75) is 13.5 Å². The minimum atomic E-state index is -0.317. The van der Waals surface area contributed by atoms with Crippen molar-refractivity contribution in [1.82, 2.24) is 5.32 Å². The number of amides is 1. The van der Waals surface area contributed by atoms with Gasteiger partial charge in [0.05, 0.1) is 0 Å². The maximum atomic E-state index is 13.1. The van der Waals surface area contributed by atoms with Crippen LogP contribution in [0.4, 0.5) is 4.39 Å². The van der Waals surface area contributed by atoms with Gasteiger partial charge >= 0.3 is 0 Å². The molecule has 1 N–H and O–H groups in total. The standard InChI is InChI=1S/C9H9BrFNO/c1-6(13)12-5-7-2-3-8(10)4-9(7)11/h2-4H,5H2,1H3,(H,12,13). The van der Waals surface area contributed by atoms with Crippen LogP contribution in [-0.4, -0.2) is 5.91 Å². The van der Waals surface area contributed by atoms with E-state index in [2.05, 4.69) is 21.2 Å². The lowest BCUT2D eigenvalue weighted by Gasteiger charge is -2.03. The Kier molecular flexibility index (Phi) is 3.42. The quantitative estimate of drug-likeness (QED) is 0.851. The summed E-state index contributed by atoms with van der Waals surface area (Å²) in [5.41, 5.74) is 0.485. The third kappa shape index (κ3) is 3.14. The van der Waals surface area contributed by atoms with E-state index in [0.29, 0.717) is 10.0 Å². The largest absolute Gasteiger partial charge is 0.352 e. The smallest absolute Gasteiger partial charge is 0.217 e. The van der Waals surface area contributed by atoms with Crippen LogP contribution in [-0.2, 0) is 11.3 Å². The highest BCUT2D eigenvalue weighted by Crippen LogP contribution is 2.14. The molecule has 4 heteroatoms. The highest BCUT2D eigenvalue weighted by Gasteiger charge is 2.02. The zero-order valence-electron chi connectivity index (χ0n) is 7.10. The summed E-state index contributed by atoms with van der Waals surface area (Å²) in [4.78, 5) is 10.6. The maximum Gasteiger partial charge on any atom is 0.217 e. The molecule has 0 aromatic heterocycles. The lowest BCUT2D eigenvalue weighted by atomic mass is 10.2. The van der Waals surface area contributed by atoms with Gasteiger partial charge in [0.25, 0.3) is 0 Å². The molecule has 70 valence electrons. The molecule has 1 aromatic rings. The molecule has 0 aliphatic carbocycles. The van der Waals surface area contributed by atoms with E-state index in [-0.39, 0.29) is 18.3 Å². The Balaban J connectivity index is 2.72. The molecule has 1 aromatic carbocycles. The summed E-state index contributed by atoms with van der Waals surface area (Å²) >= 11 is 3.15. The highest BCUT2D eigenvalue weighted by atomic mass is 79.9. The second-order valence-electron chi connectivity index (χ2n) is 2.65. The van der Waals surface area contributed by atoms with E-state index in [1.165, 1.54) is 13.0 Å². The predicted molar refractivity (Wildman–Crippen MR) is 51.6 cm³/mol. The Bertz CT molecular complexity index is 327. The van der Waals surface area contributed by atoms with Crippen LogP contribution in [0.1, 0.15) is 12.5 Å². The van der Waals surface area contributed by atoms with E-state index >= 15 is 0 Å². The molecular weight excluding hydrogens is 237 g/mol. The lowest BCUT2D eigenvalue weighted by Crippen LogP contribution is -2.19. The van der Waals surface area contributed by atoms with Crippen molar-refractivity contribution in [1.29, 1.82) is 0 Å². The second kappa shape index (κ2) is 4.37. The SMILES string of the molecule is CC(=O)NCc1ccc(Br)cc1F. The van der Waals surface area contributed by atoms with Gasteiger partial charge in [-0.3, -0.25) is 4.79 Å². The number of halogens is 2. The molecule has 0 atom stereocenters. The Labute approximate surface area is 84.3 Å². The maximum absolute atomic E-state index is 13.1. The summed E-state index contributed by atoms with van der Waals surface area (Å²) in [7, 11) is 0. The van der Waals surface area contributed by atoms with Crippen LogP contribution in [0.15, 0.2) is 22.7 Å². The Morgan fingerprint density at radius 1 is 1.62 bits per heavy atom. The molecule has 0 radical (unpaired) electrons. The minimum absolute atomic E-state index is 0.165. The fourth-order valence-corrected chi connectivity index (χ4v) is 1.22. The average Bonchev–Trinajstić information content (AvgIpc) is 2.02. The summed E-state index contributed by atoms with van der Waals surface area (Å²) in [5, 5.41) is 2.53. The molecule has 1 rings (SSSR count). The van der Waals surface area contributed by atoms with Crippen molar-refractivity contribution in [2.75, 3.05) is 0 Å². The molecule has 0 spiro atoms. The van der Waals surface area contributed by atoms with Crippen LogP contribution in [0, 0.1) is 5.82 Å². The average molecular weight is 246 g/mol. The van der Waals surface area contributed by atoms with Crippen molar-refractivity contribution in [3.8, 4) is 0 Å². The molecular formula is C9H9BrFNO. The van der Waals surface area contributed by atoms with Gasteiger partial charge in [0.1, 0.15) is 5.82 Å². The monoisotopic (exact) mass is 245 g/mol. The van der Waals surface area contributed by atoms with Crippen molar-refractivity contribution < 1.29 is 9.18 Å². The van der Waals surface area contributed by atoms with E-state index in [0.717, 1.165) is 0 Å². The normalized spacial score (nSPS) is 9.77. The van der Waals surface area contributed by atoms with E-state index in [9.17, 15) is 9.18 Å². The van der Waals surface area contributed by atoms with Gasteiger partial charge in [0, 0.05) is 23.5 Å². The van der Waals surface area contributed by atoms with Crippen molar-refractivity contribution >= 4 is 21.8 Å². The molecule has 0 aliphatic rings. The van der Waals surface area contributed by atoms with Gasteiger partial charge in [0.2, 0.25) is 5.91 Å². The van der Waals surface area contributed by atoms with E-state index in [4.69, 9.17) is 0 Å². The molecule has 0 saturated carbocycles. The summed E-state index contributed by atoms with van der Waals surface area (Å²) < 4.78 is 13.8. The Morgan fingerprint density at radius 3 is 2.85 bits per heavy atom. The fourth-order valence-electron chi connectivity index (χ4n) is 0.885. The van der Waals surface area contributed by atoms with Crippen LogP contribution in [0.5, 0.6) is 0 Å². The number of carbonyl (C=O) groups is 1. The minimum Gasteiger partial charge on any atom is -0.352 e. The second-order valence-corrected chi connectivity index (χ2v) is 3.56. The lowest BCUT2D eigenvalue weighted by molar-refractivity contribution is -0.119. The van der Waals surface area contributed by atoms with E-state index in [1.807, 2.05) is 0 Å². The molecule has 0 unspecified atom stereocenters. The van der Waals surface area contributed by atoms with Gasteiger partial charge in [-0.15, -0.1) is 0 Å². The van der Waals surface area contributed by atoms with Gasteiger partial charge in [0.15, 0.2) is 0 Å². The summed E-state index contributed by atoms with van der Waals surface area (Å²) in [5.74, 6) is -0.481. The molecule has 0 heterocycles. The zero-order valence-corrected chi connectivity index (χ0v) is 8.69. The number of hydrogen-bond donors (Lipinski definition) is 1. The van der Waals surface area contributed by atoms with Crippen LogP contribution in [0.3, 0.4) is 0 Å². The molecule has 0 aliphatic heterocycles. The van der Waals surface area contributed by atoms with Gasteiger partial charge in [-0.25, -0.2) is 4.39 Å². The van der Waals surface area contributed by atoms with Gasteiger partial charge in [-0.2, -0.15) is 0 Å². The van der Waals surface area contributed by atoms with Gasteiger partial charge in [-0.05, 0) is 12.1 Å². The molecule has 2 nitrogen and oxygen atoms in total. The molecule has 0 fully saturated rings. The summed E-state index contributed by atoms with van der Waals surface area (Å²) in [6.07, 6.45) is 0. The first-order valence-corrected chi connectivity index (χ1v) is 4.57. The summed E-state index contributed by atoms with van der Waals surface area (Å²) in [6.45, 7) is 1.63. The first-order valence-electron chi connectivity index (χ1n) is 3.78. The third-order valence-electron chi connectivity index (χ3n) is 1.54. The first-order chi connectivity index (χ1) is 6.09.